The van der Waals surface area contributed by atoms with Crippen molar-refractivity contribution < 1.29 is 35.1 Å². The van der Waals surface area contributed by atoms with E-state index in [1.807, 2.05) is 0 Å². The number of aromatic amines is 1. The minimum atomic E-state index is -1.46. The molecule has 0 radical (unpaired) electrons. The molecule has 0 aliphatic carbocycles. The Morgan fingerprint density at radius 3 is 2.36 bits per heavy atom. The van der Waals surface area contributed by atoms with E-state index in [2.05, 4.69) is 9.97 Å². The fourth-order valence-electron chi connectivity index (χ4n) is 3.96. The molecule has 4 aromatic rings. The van der Waals surface area contributed by atoms with E-state index in [-0.39, 0.29) is 52.0 Å². The smallest absolute Gasteiger partial charge is 0.311 e. The molecular weight excluding hydrogens is 468 g/mol. The van der Waals surface area contributed by atoms with Crippen LogP contribution in [0.1, 0.15) is 29.0 Å². The fourth-order valence-corrected chi connectivity index (χ4v) is 3.96. The van der Waals surface area contributed by atoms with Crippen molar-refractivity contribution in [1.82, 2.24) is 9.97 Å². The maximum Gasteiger partial charge on any atom is 0.311 e. The molecule has 0 spiro atoms. The van der Waals surface area contributed by atoms with Crippen molar-refractivity contribution in [2.45, 2.75) is 18.9 Å². The Labute approximate surface area is 203 Å². The van der Waals surface area contributed by atoms with Crippen molar-refractivity contribution in [3.8, 4) is 34.0 Å². The molecule has 1 aromatic heterocycles. The average molecular weight is 490 g/mol. The summed E-state index contributed by atoms with van der Waals surface area (Å²) in [6.07, 6.45) is -0.718. The molecule has 0 bridgehead atoms. The minimum absolute atomic E-state index is 0.0248. The van der Waals surface area contributed by atoms with Gasteiger partial charge in [-0.15, -0.1) is 0 Å². The Kier molecular flexibility index (Phi) is 6.32. The molecule has 9 N–H and O–H groups in total. The van der Waals surface area contributed by atoms with Crippen LogP contribution in [0.15, 0.2) is 48.5 Å². The summed E-state index contributed by atoms with van der Waals surface area (Å²) < 4.78 is 0. The number of H-pyrrole nitrogens is 1. The standard InChI is InChI=1S/C25H22N4O7/c26-23(27)12-2-3-18-19(8-12)29-24(28-18)17-7-13(14(25(35)36)9-21(32)33)6-16(22(17)34)15-5-11(10-30)1-4-20(15)31/h1-8,14,30-31,34H,9-10H2,(H3,26,27)(H,28,29)(H,32,33)(H,35,36). The number of phenols is 2. The first-order valence-electron chi connectivity index (χ1n) is 10.7. The maximum absolute atomic E-state index is 12.0. The highest BCUT2D eigenvalue weighted by Crippen LogP contribution is 2.44. The molecule has 0 aliphatic heterocycles. The zero-order valence-electron chi connectivity index (χ0n) is 18.7. The quantitative estimate of drug-likeness (QED) is 0.134. The summed E-state index contributed by atoms with van der Waals surface area (Å²) >= 11 is 0. The normalized spacial score (nSPS) is 11.9. The first-order chi connectivity index (χ1) is 17.1. The van der Waals surface area contributed by atoms with Crippen LogP contribution >= 0.6 is 0 Å². The van der Waals surface area contributed by atoms with E-state index >= 15 is 0 Å². The number of amidine groups is 1. The van der Waals surface area contributed by atoms with Crippen LogP contribution in [0.2, 0.25) is 0 Å². The summed E-state index contributed by atoms with van der Waals surface area (Å²) in [5.41, 5.74) is 7.64. The van der Waals surface area contributed by atoms with Crippen molar-refractivity contribution in [2.75, 3.05) is 0 Å². The summed E-state index contributed by atoms with van der Waals surface area (Å²) in [7, 11) is 0. The third-order valence-electron chi connectivity index (χ3n) is 5.79. The molecule has 3 aromatic carbocycles. The van der Waals surface area contributed by atoms with Gasteiger partial charge < -0.3 is 36.3 Å². The zero-order chi connectivity index (χ0) is 26.1. The van der Waals surface area contributed by atoms with E-state index in [1.54, 1.807) is 18.2 Å². The molecule has 4 rings (SSSR count). The second-order valence-electron chi connectivity index (χ2n) is 8.19. The summed E-state index contributed by atoms with van der Waals surface area (Å²) in [6.45, 7) is -0.348. The molecule has 1 atom stereocenters. The van der Waals surface area contributed by atoms with Crippen LogP contribution in [0.3, 0.4) is 0 Å². The van der Waals surface area contributed by atoms with Crippen LogP contribution < -0.4 is 5.73 Å². The molecular formula is C25H22N4O7. The number of aliphatic hydroxyl groups excluding tert-OH is 1. The molecule has 11 heteroatoms. The molecule has 0 aliphatic rings. The van der Waals surface area contributed by atoms with Gasteiger partial charge in [-0.25, -0.2) is 4.98 Å². The second kappa shape index (κ2) is 9.39. The van der Waals surface area contributed by atoms with E-state index in [1.165, 1.54) is 30.3 Å². The predicted molar refractivity (Wildman–Crippen MR) is 130 cm³/mol. The number of fused-ring (bicyclic) bond motifs is 1. The number of aromatic nitrogens is 2. The number of carboxylic acid groups (broad SMARTS) is 2. The van der Waals surface area contributed by atoms with Crippen LogP contribution in [0.25, 0.3) is 33.5 Å². The summed E-state index contributed by atoms with van der Waals surface area (Å²) in [5, 5.41) is 57.9. The van der Waals surface area contributed by atoms with Gasteiger partial charge in [-0.3, -0.25) is 15.0 Å². The third kappa shape index (κ3) is 4.55. The first kappa shape index (κ1) is 24.2. The molecule has 0 amide bonds. The lowest BCUT2D eigenvalue weighted by Crippen LogP contribution is -2.16. The number of benzene rings is 3. The van der Waals surface area contributed by atoms with Gasteiger partial charge in [0.2, 0.25) is 0 Å². The predicted octanol–water partition coefficient (Wildman–Crippen LogP) is 2.73. The van der Waals surface area contributed by atoms with Gasteiger partial charge >= 0.3 is 11.9 Å². The SMILES string of the molecule is N=C(N)c1ccc2[nH]c(-c3cc(C(CC(=O)O)C(=O)O)cc(-c4cc(CO)ccc4O)c3O)nc2c1. The van der Waals surface area contributed by atoms with Gasteiger partial charge in [0.25, 0.3) is 0 Å². The lowest BCUT2D eigenvalue weighted by molar-refractivity contribution is -0.145. The summed E-state index contributed by atoms with van der Waals surface area (Å²) in [5.74, 6) is -4.79. The van der Waals surface area contributed by atoms with Gasteiger partial charge in [0, 0.05) is 16.7 Å². The number of imidazole rings is 1. The Bertz CT molecular complexity index is 1530. The summed E-state index contributed by atoms with van der Waals surface area (Å²) in [4.78, 5) is 30.8. The molecule has 11 nitrogen and oxygen atoms in total. The Morgan fingerprint density at radius 2 is 1.72 bits per heavy atom. The number of nitrogens with zero attached hydrogens (tertiary/aromatic N) is 1. The lowest BCUT2D eigenvalue weighted by atomic mass is 9.89. The van der Waals surface area contributed by atoms with Crippen LogP contribution in [0.5, 0.6) is 11.5 Å². The van der Waals surface area contributed by atoms with Crippen molar-refractivity contribution in [3.05, 3.63) is 65.2 Å². The van der Waals surface area contributed by atoms with E-state index in [0.717, 1.165) is 0 Å². The number of aliphatic hydroxyl groups is 1. The van der Waals surface area contributed by atoms with E-state index in [4.69, 9.17) is 11.1 Å². The van der Waals surface area contributed by atoms with E-state index < -0.39 is 24.3 Å². The third-order valence-corrected chi connectivity index (χ3v) is 5.79. The number of phenolic OH excluding ortho intramolecular Hbond substituents is 2. The molecule has 184 valence electrons. The molecule has 1 heterocycles. The van der Waals surface area contributed by atoms with Crippen LogP contribution in [-0.4, -0.2) is 53.3 Å². The number of hydrogen-bond donors (Lipinski definition) is 8. The Balaban J connectivity index is 2.00. The molecule has 0 fully saturated rings. The maximum atomic E-state index is 12.0. The number of carboxylic acids is 2. The minimum Gasteiger partial charge on any atom is -0.507 e. The number of nitrogens with one attached hydrogen (secondary N) is 2. The number of carbonyl (C=O) groups is 2. The highest BCUT2D eigenvalue weighted by molar-refractivity contribution is 5.98. The number of aromatic hydroxyl groups is 2. The number of aliphatic carboxylic acids is 2. The highest BCUT2D eigenvalue weighted by atomic mass is 16.4. The lowest BCUT2D eigenvalue weighted by Gasteiger charge is -2.17. The number of rotatable bonds is 8. The van der Waals surface area contributed by atoms with Crippen molar-refractivity contribution in [2.24, 2.45) is 5.73 Å². The van der Waals surface area contributed by atoms with Crippen LogP contribution in [0.4, 0.5) is 0 Å². The van der Waals surface area contributed by atoms with Gasteiger partial charge in [-0.05, 0) is 53.6 Å². The van der Waals surface area contributed by atoms with Crippen molar-refractivity contribution in [3.63, 3.8) is 0 Å². The number of nitrogens with two attached hydrogens (primary N) is 1. The van der Waals surface area contributed by atoms with Gasteiger partial charge in [0.15, 0.2) is 0 Å². The molecule has 1 unspecified atom stereocenters. The Hall–Kier alpha value is -4.90. The largest absolute Gasteiger partial charge is 0.507 e. The van der Waals surface area contributed by atoms with Crippen molar-refractivity contribution in [1.29, 1.82) is 5.41 Å². The monoisotopic (exact) mass is 490 g/mol. The number of nitrogen functional groups attached to an aromatic ring is 1. The van der Waals surface area contributed by atoms with Gasteiger partial charge in [0.05, 0.1) is 35.5 Å². The van der Waals surface area contributed by atoms with Crippen molar-refractivity contribution >= 4 is 28.8 Å². The van der Waals surface area contributed by atoms with Gasteiger partial charge in [-0.1, -0.05) is 6.07 Å². The molecule has 0 saturated carbocycles. The zero-order valence-corrected chi connectivity index (χ0v) is 18.7. The number of hydrogen-bond acceptors (Lipinski definition) is 7. The van der Waals surface area contributed by atoms with Crippen LogP contribution in [0, 0.1) is 5.41 Å². The molecule has 0 saturated heterocycles. The summed E-state index contributed by atoms with van der Waals surface area (Å²) in [6, 6.07) is 11.7. The fraction of sp³-hybridized carbons (Fsp3) is 0.120. The van der Waals surface area contributed by atoms with E-state index in [0.29, 0.717) is 22.2 Å². The van der Waals surface area contributed by atoms with Gasteiger partial charge in [0.1, 0.15) is 23.2 Å². The topological polar surface area (TPSA) is 214 Å². The van der Waals surface area contributed by atoms with E-state index in [9.17, 15) is 35.1 Å². The molecule has 36 heavy (non-hydrogen) atoms. The Morgan fingerprint density at radius 1 is 1.00 bits per heavy atom. The second-order valence-corrected chi connectivity index (χ2v) is 8.19. The highest BCUT2D eigenvalue weighted by Gasteiger charge is 2.27. The van der Waals surface area contributed by atoms with Crippen LogP contribution in [-0.2, 0) is 16.2 Å². The van der Waals surface area contributed by atoms with Gasteiger partial charge in [-0.2, -0.15) is 0 Å². The first-order valence-corrected chi connectivity index (χ1v) is 10.7. The average Bonchev–Trinajstić information content (AvgIpc) is 3.26.